The third-order valence-electron chi connectivity index (χ3n) is 4.90. The van der Waals surface area contributed by atoms with Crippen LogP contribution >= 0.6 is 11.6 Å². The summed E-state index contributed by atoms with van der Waals surface area (Å²) in [5, 5.41) is 3.58. The van der Waals surface area contributed by atoms with E-state index in [-0.39, 0.29) is 11.9 Å². The largest absolute Gasteiger partial charge is 0.492 e. The van der Waals surface area contributed by atoms with Gasteiger partial charge < -0.3 is 19.4 Å². The summed E-state index contributed by atoms with van der Waals surface area (Å²) < 4.78 is 11.5. The minimum Gasteiger partial charge on any atom is -0.492 e. The summed E-state index contributed by atoms with van der Waals surface area (Å²) in [6.07, 6.45) is 1.70. The highest BCUT2D eigenvalue weighted by Crippen LogP contribution is 2.29. The molecule has 2 heterocycles. The Morgan fingerprint density at radius 3 is 2.68 bits per heavy atom. The fourth-order valence-electron chi connectivity index (χ4n) is 3.36. The van der Waals surface area contributed by atoms with E-state index < -0.39 is 0 Å². The molecule has 146 valence electrons. The van der Waals surface area contributed by atoms with Crippen molar-refractivity contribution >= 4 is 28.7 Å². The van der Waals surface area contributed by atoms with Crippen LogP contribution in [0.4, 0.5) is 4.79 Å². The first-order chi connectivity index (χ1) is 13.7. The molecule has 0 atom stereocenters. The van der Waals surface area contributed by atoms with Gasteiger partial charge in [0.15, 0.2) is 11.5 Å². The molecular formula is C21H22ClN3O3. The van der Waals surface area contributed by atoms with E-state index in [0.29, 0.717) is 31.3 Å². The van der Waals surface area contributed by atoms with Crippen molar-refractivity contribution in [2.24, 2.45) is 0 Å². The third kappa shape index (κ3) is 4.39. The molecule has 2 aromatic carbocycles. The summed E-state index contributed by atoms with van der Waals surface area (Å²) >= 11 is 5.84. The number of fused-ring (bicyclic) bond motifs is 1. The van der Waals surface area contributed by atoms with Crippen LogP contribution in [-0.4, -0.2) is 42.2 Å². The number of amides is 2. The highest BCUT2D eigenvalue weighted by Gasteiger charge is 2.26. The van der Waals surface area contributed by atoms with Crippen LogP contribution in [0.1, 0.15) is 24.7 Å². The van der Waals surface area contributed by atoms with Crippen molar-refractivity contribution in [3.05, 3.63) is 59.4 Å². The Kier molecular flexibility index (Phi) is 5.67. The lowest BCUT2D eigenvalue weighted by atomic mass is 9.97. The molecule has 7 heteroatoms. The third-order valence-corrected chi connectivity index (χ3v) is 5.15. The van der Waals surface area contributed by atoms with Gasteiger partial charge in [-0.15, -0.1) is 0 Å². The zero-order valence-corrected chi connectivity index (χ0v) is 16.2. The number of ether oxygens (including phenoxy) is 1. The number of carbonyl (C=O) groups excluding carboxylic acids is 1. The maximum absolute atomic E-state index is 12.3. The summed E-state index contributed by atoms with van der Waals surface area (Å²) in [6, 6.07) is 14.9. The number of aromatic nitrogens is 1. The molecule has 0 saturated carbocycles. The maximum atomic E-state index is 12.3. The number of benzene rings is 2. The van der Waals surface area contributed by atoms with Gasteiger partial charge in [0.2, 0.25) is 0 Å². The molecule has 0 spiro atoms. The number of para-hydroxylation sites is 2. The van der Waals surface area contributed by atoms with Gasteiger partial charge in [-0.2, -0.15) is 0 Å². The smallest absolute Gasteiger partial charge is 0.317 e. The number of likely N-dealkylation sites (tertiary alicyclic amines) is 1. The van der Waals surface area contributed by atoms with Crippen LogP contribution in [0.2, 0.25) is 5.02 Å². The minimum absolute atomic E-state index is 0.0595. The Hall–Kier alpha value is -2.73. The fraction of sp³-hybridized carbons (Fsp3) is 0.333. The molecule has 3 aromatic rings. The van der Waals surface area contributed by atoms with Crippen LogP contribution < -0.4 is 10.1 Å². The Bertz CT molecular complexity index is 900. The van der Waals surface area contributed by atoms with Gasteiger partial charge in [0.05, 0.1) is 6.54 Å². The number of piperidine rings is 1. The molecule has 0 radical (unpaired) electrons. The minimum atomic E-state index is -0.0595. The van der Waals surface area contributed by atoms with Crippen LogP contribution in [-0.2, 0) is 0 Å². The van der Waals surface area contributed by atoms with E-state index in [1.807, 2.05) is 29.2 Å². The normalized spacial score (nSPS) is 15.0. The second-order valence-electron chi connectivity index (χ2n) is 6.82. The van der Waals surface area contributed by atoms with Crippen LogP contribution in [0.5, 0.6) is 5.75 Å². The second kappa shape index (κ2) is 8.52. The molecule has 1 N–H and O–H groups in total. The van der Waals surface area contributed by atoms with E-state index in [4.69, 9.17) is 20.8 Å². The zero-order valence-electron chi connectivity index (χ0n) is 15.4. The van der Waals surface area contributed by atoms with Crippen LogP contribution in [0.3, 0.4) is 0 Å². The number of oxazole rings is 1. The first-order valence-corrected chi connectivity index (χ1v) is 9.83. The van der Waals surface area contributed by atoms with Crippen molar-refractivity contribution in [1.29, 1.82) is 0 Å². The Morgan fingerprint density at radius 1 is 1.18 bits per heavy atom. The van der Waals surface area contributed by atoms with Crippen molar-refractivity contribution in [2.75, 3.05) is 26.2 Å². The summed E-state index contributed by atoms with van der Waals surface area (Å²) in [5.41, 5.74) is 1.71. The van der Waals surface area contributed by atoms with Gasteiger partial charge in [0.25, 0.3) is 0 Å². The van der Waals surface area contributed by atoms with E-state index >= 15 is 0 Å². The molecule has 1 aromatic heterocycles. The molecular weight excluding hydrogens is 378 g/mol. The van der Waals surface area contributed by atoms with Gasteiger partial charge in [0.1, 0.15) is 17.9 Å². The molecule has 0 unspecified atom stereocenters. The van der Waals surface area contributed by atoms with Crippen LogP contribution in [0.25, 0.3) is 11.1 Å². The van der Waals surface area contributed by atoms with Gasteiger partial charge in [-0.3, -0.25) is 0 Å². The molecule has 28 heavy (non-hydrogen) atoms. The summed E-state index contributed by atoms with van der Waals surface area (Å²) in [5.74, 6) is 1.76. The number of hydrogen-bond donors (Lipinski definition) is 1. The fourth-order valence-corrected chi connectivity index (χ4v) is 3.49. The lowest BCUT2D eigenvalue weighted by molar-refractivity contribution is 0.175. The zero-order chi connectivity index (χ0) is 19.3. The van der Waals surface area contributed by atoms with Crippen molar-refractivity contribution in [1.82, 2.24) is 15.2 Å². The second-order valence-corrected chi connectivity index (χ2v) is 7.25. The highest BCUT2D eigenvalue weighted by molar-refractivity contribution is 6.30. The van der Waals surface area contributed by atoms with E-state index in [0.717, 1.165) is 35.6 Å². The molecule has 0 bridgehead atoms. The lowest BCUT2D eigenvalue weighted by Crippen LogP contribution is -2.45. The highest BCUT2D eigenvalue weighted by atomic mass is 35.5. The predicted molar refractivity (Wildman–Crippen MR) is 108 cm³/mol. The molecule has 0 aliphatic carbocycles. The Labute approximate surface area is 168 Å². The Balaban J connectivity index is 1.21. The van der Waals surface area contributed by atoms with Crippen LogP contribution in [0, 0.1) is 0 Å². The van der Waals surface area contributed by atoms with Gasteiger partial charge in [-0.1, -0.05) is 23.7 Å². The lowest BCUT2D eigenvalue weighted by Gasteiger charge is -2.30. The molecule has 1 saturated heterocycles. The summed E-state index contributed by atoms with van der Waals surface area (Å²) in [6.45, 7) is 2.24. The molecule has 6 nitrogen and oxygen atoms in total. The van der Waals surface area contributed by atoms with Crippen molar-refractivity contribution in [3.8, 4) is 5.75 Å². The van der Waals surface area contributed by atoms with Crippen molar-refractivity contribution in [2.45, 2.75) is 18.8 Å². The van der Waals surface area contributed by atoms with Crippen molar-refractivity contribution < 1.29 is 13.9 Å². The average molecular weight is 400 g/mol. The number of nitrogens with zero attached hydrogens (tertiary/aromatic N) is 2. The Morgan fingerprint density at radius 2 is 1.93 bits per heavy atom. The van der Waals surface area contributed by atoms with Crippen LogP contribution in [0.15, 0.2) is 52.9 Å². The van der Waals surface area contributed by atoms with Gasteiger partial charge in [-0.05, 0) is 49.2 Å². The van der Waals surface area contributed by atoms with Gasteiger partial charge in [-0.25, -0.2) is 9.78 Å². The maximum Gasteiger partial charge on any atom is 0.317 e. The predicted octanol–water partition coefficient (Wildman–Crippen LogP) is 4.45. The van der Waals surface area contributed by atoms with E-state index in [1.165, 1.54) is 0 Å². The number of urea groups is 1. The van der Waals surface area contributed by atoms with Crippen molar-refractivity contribution in [3.63, 3.8) is 0 Å². The van der Waals surface area contributed by atoms with E-state index in [9.17, 15) is 4.79 Å². The number of carbonyl (C=O) groups is 1. The first-order valence-electron chi connectivity index (χ1n) is 9.45. The van der Waals surface area contributed by atoms with Gasteiger partial charge in [0, 0.05) is 24.0 Å². The van der Waals surface area contributed by atoms with Gasteiger partial charge >= 0.3 is 6.03 Å². The molecule has 2 amide bonds. The topological polar surface area (TPSA) is 67.6 Å². The first kappa shape index (κ1) is 18.6. The number of rotatable bonds is 5. The van der Waals surface area contributed by atoms with E-state index in [2.05, 4.69) is 10.3 Å². The number of nitrogens with one attached hydrogen (secondary N) is 1. The molecule has 4 rings (SSSR count). The quantitative estimate of drug-likeness (QED) is 0.643. The molecule has 1 fully saturated rings. The number of hydrogen-bond acceptors (Lipinski definition) is 4. The standard InChI is InChI=1S/C21H22ClN3O3/c22-16-5-7-17(8-6-16)27-14-11-23-21(26)25-12-9-15(10-13-25)20-24-18-3-1-2-4-19(18)28-20/h1-8,15H,9-14H2,(H,23,26). The SMILES string of the molecule is O=C(NCCOc1ccc(Cl)cc1)N1CCC(c2nc3ccccc3o2)CC1. The average Bonchev–Trinajstić information content (AvgIpc) is 3.17. The summed E-state index contributed by atoms with van der Waals surface area (Å²) in [7, 11) is 0. The van der Waals surface area contributed by atoms with E-state index in [1.54, 1.807) is 24.3 Å². The monoisotopic (exact) mass is 399 g/mol. The molecule has 1 aliphatic rings. The number of halogens is 1. The molecule has 1 aliphatic heterocycles. The summed E-state index contributed by atoms with van der Waals surface area (Å²) in [4.78, 5) is 18.8.